The second-order valence-corrected chi connectivity index (χ2v) is 4.76. The molecule has 0 spiro atoms. The summed E-state index contributed by atoms with van der Waals surface area (Å²) in [5, 5.41) is 21.4. The number of rotatable bonds is 10. The predicted octanol–water partition coefficient (Wildman–Crippen LogP) is -2.31. The fraction of sp³-hybridized carbons (Fsp3) is 0.667. The smallest absolute Gasteiger partial charge is 0.320 e. The van der Waals surface area contributed by atoms with Gasteiger partial charge in [-0.25, -0.2) is 9.59 Å². The number of carboxylic acids is 2. The van der Waals surface area contributed by atoms with E-state index in [4.69, 9.17) is 33.1 Å². The number of hydrogen-bond donors (Lipinski definition) is 8. The van der Waals surface area contributed by atoms with E-state index in [0.717, 1.165) is 0 Å². The van der Waals surface area contributed by atoms with Crippen molar-refractivity contribution in [1.82, 2.24) is 10.6 Å². The molecule has 0 aromatic heterocycles. The van der Waals surface area contributed by atoms with Crippen LogP contribution in [0, 0.1) is 0 Å². The number of aliphatic carboxylic acids is 2. The van der Waals surface area contributed by atoms with Gasteiger partial charge < -0.3 is 43.8 Å². The molecule has 12 nitrogen and oxygen atoms in total. The van der Waals surface area contributed by atoms with Crippen LogP contribution in [0.4, 0.5) is 9.59 Å². The summed E-state index contributed by atoms with van der Waals surface area (Å²) < 4.78 is 0. The number of nitrogens with two attached hydrogens (primary N) is 4. The van der Waals surface area contributed by atoms with Crippen molar-refractivity contribution in [1.29, 1.82) is 0 Å². The maximum atomic E-state index is 10.2. The van der Waals surface area contributed by atoms with Gasteiger partial charge in [0, 0.05) is 13.1 Å². The van der Waals surface area contributed by atoms with Gasteiger partial charge in [0.2, 0.25) is 0 Å². The maximum absolute atomic E-state index is 10.2. The fourth-order valence-corrected chi connectivity index (χ4v) is 1.31. The quantitative estimate of drug-likeness (QED) is 0.199. The van der Waals surface area contributed by atoms with Gasteiger partial charge >= 0.3 is 24.0 Å². The zero-order valence-electron chi connectivity index (χ0n) is 13.2. The van der Waals surface area contributed by atoms with Gasteiger partial charge in [0.15, 0.2) is 0 Å². The number of carboxylic acid groups (broad SMARTS) is 2. The Kier molecular flexibility index (Phi) is 13.8. The summed E-state index contributed by atoms with van der Waals surface area (Å²) in [4.78, 5) is 40.7. The molecule has 0 aromatic carbocycles. The number of carbonyl (C=O) groups is 4. The van der Waals surface area contributed by atoms with E-state index in [1.54, 1.807) is 0 Å². The van der Waals surface area contributed by atoms with Gasteiger partial charge in [-0.05, 0) is 25.7 Å². The monoisotopic (exact) mass is 350 g/mol. The van der Waals surface area contributed by atoms with Crippen molar-refractivity contribution < 1.29 is 29.4 Å². The van der Waals surface area contributed by atoms with Gasteiger partial charge in [-0.3, -0.25) is 9.59 Å². The van der Waals surface area contributed by atoms with Crippen molar-refractivity contribution in [3.05, 3.63) is 0 Å². The van der Waals surface area contributed by atoms with E-state index in [-0.39, 0.29) is 0 Å². The van der Waals surface area contributed by atoms with E-state index in [2.05, 4.69) is 10.6 Å². The van der Waals surface area contributed by atoms with Crippen LogP contribution < -0.4 is 33.6 Å². The summed E-state index contributed by atoms with van der Waals surface area (Å²) in [6.07, 6.45) is 1.68. The number of carbonyl (C=O) groups excluding carboxylic acids is 2. The van der Waals surface area contributed by atoms with Crippen LogP contribution in [0.2, 0.25) is 0 Å². The number of primary amides is 2. The molecular weight excluding hydrogens is 324 g/mol. The summed E-state index contributed by atoms with van der Waals surface area (Å²) in [6.45, 7) is 0.715. The van der Waals surface area contributed by atoms with Crippen LogP contribution in [0.3, 0.4) is 0 Å². The molecular formula is C12H26N6O6. The third-order valence-electron chi connectivity index (χ3n) is 2.62. The molecule has 2 atom stereocenters. The van der Waals surface area contributed by atoms with Crippen LogP contribution in [0.15, 0.2) is 0 Å². The topological polar surface area (TPSA) is 237 Å². The first-order valence-electron chi connectivity index (χ1n) is 7.11. The van der Waals surface area contributed by atoms with Crippen molar-refractivity contribution >= 4 is 24.0 Å². The van der Waals surface area contributed by atoms with Crippen LogP contribution in [-0.2, 0) is 9.59 Å². The maximum Gasteiger partial charge on any atom is 0.320 e. The van der Waals surface area contributed by atoms with Crippen LogP contribution in [-0.4, -0.2) is 59.4 Å². The molecule has 0 bridgehead atoms. The molecule has 0 aliphatic heterocycles. The second kappa shape index (κ2) is 14.0. The van der Waals surface area contributed by atoms with Crippen molar-refractivity contribution in [2.24, 2.45) is 22.9 Å². The highest BCUT2D eigenvalue weighted by molar-refractivity contribution is 5.73. The highest BCUT2D eigenvalue weighted by Crippen LogP contribution is 1.93. The van der Waals surface area contributed by atoms with Crippen molar-refractivity contribution in [3.8, 4) is 0 Å². The summed E-state index contributed by atoms with van der Waals surface area (Å²) in [5.74, 6) is -2.07. The minimum absolute atomic E-state index is 0.329. The molecule has 0 aliphatic rings. The Balaban J connectivity index is 0. The molecule has 0 aromatic rings. The summed E-state index contributed by atoms with van der Waals surface area (Å²) in [7, 11) is 0. The predicted molar refractivity (Wildman–Crippen MR) is 84.9 cm³/mol. The van der Waals surface area contributed by atoms with Crippen molar-refractivity contribution in [2.45, 2.75) is 37.8 Å². The lowest BCUT2D eigenvalue weighted by Gasteiger charge is -2.05. The normalized spacial score (nSPS) is 12.1. The van der Waals surface area contributed by atoms with Crippen LogP contribution in [0.25, 0.3) is 0 Å². The first kappa shape index (κ1) is 23.7. The molecule has 12 heteroatoms. The van der Waals surface area contributed by atoms with Gasteiger partial charge in [0.05, 0.1) is 0 Å². The summed E-state index contributed by atoms with van der Waals surface area (Å²) >= 11 is 0. The van der Waals surface area contributed by atoms with E-state index >= 15 is 0 Å². The van der Waals surface area contributed by atoms with E-state index < -0.39 is 36.1 Å². The number of urea groups is 2. The molecule has 4 amide bonds. The van der Waals surface area contributed by atoms with Crippen LogP contribution in [0.1, 0.15) is 25.7 Å². The molecule has 24 heavy (non-hydrogen) atoms. The molecule has 0 rings (SSSR count). The minimum atomic E-state index is -1.03. The van der Waals surface area contributed by atoms with Gasteiger partial charge in [-0.2, -0.15) is 0 Å². The first-order chi connectivity index (χ1) is 11.1. The van der Waals surface area contributed by atoms with Crippen molar-refractivity contribution in [3.63, 3.8) is 0 Å². The van der Waals surface area contributed by atoms with Crippen molar-refractivity contribution in [2.75, 3.05) is 13.1 Å². The van der Waals surface area contributed by atoms with Gasteiger partial charge in [0.25, 0.3) is 0 Å². The molecule has 12 N–H and O–H groups in total. The lowest BCUT2D eigenvalue weighted by Crippen LogP contribution is -2.33. The average Bonchev–Trinajstić information content (AvgIpc) is 2.47. The summed E-state index contributed by atoms with van der Waals surface area (Å²) in [5.41, 5.74) is 19.9. The van der Waals surface area contributed by atoms with E-state index in [0.29, 0.717) is 38.8 Å². The first-order valence-corrected chi connectivity index (χ1v) is 7.11. The third-order valence-corrected chi connectivity index (χ3v) is 2.62. The third kappa shape index (κ3) is 17.5. The molecule has 0 radical (unpaired) electrons. The molecule has 2 unspecified atom stereocenters. The van der Waals surface area contributed by atoms with E-state index in [1.807, 2.05) is 0 Å². The molecule has 0 heterocycles. The Morgan fingerprint density at radius 2 is 1.04 bits per heavy atom. The largest absolute Gasteiger partial charge is 0.480 e. The fourth-order valence-electron chi connectivity index (χ4n) is 1.31. The molecule has 0 fully saturated rings. The Morgan fingerprint density at radius 3 is 1.25 bits per heavy atom. The lowest BCUT2D eigenvalue weighted by molar-refractivity contribution is -0.139. The Labute approximate surface area is 138 Å². The van der Waals surface area contributed by atoms with Crippen LogP contribution in [0.5, 0.6) is 0 Å². The Hall–Kier alpha value is -2.60. The zero-order valence-corrected chi connectivity index (χ0v) is 13.2. The second-order valence-electron chi connectivity index (χ2n) is 4.76. The molecule has 0 aliphatic carbocycles. The zero-order chi connectivity index (χ0) is 19.1. The average molecular weight is 350 g/mol. The lowest BCUT2D eigenvalue weighted by atomic mass is 10.2. The highest BCUT2D eigenvalue weighted by Gasteiger charge is 2.10. The highest BCUT2D eigenvalue weighted by atomic mass is 16.4. The minimum Gasteiger partial charge on any atom is -0.480 e. The molecule has 0 saturated carbocycles. The summed E-state index contributed by atoms with van der Waals surface area (Å²) in [6, 6.07) is -2.95. The van der Waals surface area contributed by atoms with E-state index in [9.17, 15) is 19.2 Å². The van der Waals surface area contributed by atoms with Crippen LogP contribution >= 0.6 is 0 Å². The van der Waals surface area contributed by atoms with Gasteiger partial charge in [-0.1, -0.05) is 0 Å². The molecule has 0 saturated heterocycles. The number of amides is 4. The van der Waals surface area contributed by atoms with E-state index in [1.165, 1.54) is 0 Å². The SMILES string of the molecule is NC(=O)NCCCC(N)C(=O)O.NC(=O)NCCCC(N)C(=O)O. The molecule has 140 valence electrons. The Morgan fingerprint density at radius 1 is 0.750 bits per heavy atom. The van der Waals surface area contributed by atoms with Gasteiger partial charge in [-0.15, -0.1) is 0 Å². The standard InChI is InChI=1S/2C6H13N3O3/c2*7-4(5(10)11)2-1-3-9-6(8)12/h2*4H,1-3,7H2,(H,10,11)(H3,8,9,12). The van der Waals surface area contributed by atoms with Gasteiger partial charge in [0.1, 0.15) is 12.1 Å². The Bertz CT molecular complexity index is 381. The number of nitrogens with one attached hydrogen (secondary N) is 2. The number of hydrogen-bond acceptors (Lipinski definition) is 6.